The highest BCUT2D eigenvalue weighted by Gasteiger charge is 2.59. The van der Waals surface area contributed by atoms with Crippen LogP contribution in [0.3, 0.4) is 0 Å². The van der Waals surface area contributed by atoms with Crippen LogP contribution in [0.1, 0.15) is 53.9 Å². The van der Waals surface area contributed by atoms with E-state index in [1.54, 1.807) is 0 Å². The zero-order valence-electron chi connectivity index (χ0n) is 15.2. The Bertz CT molecular complexity index is 458. The van der Waals surface area contributed by atoms with Crippen LogP contribution in [-0.2, 0) is 9.47 Å². The van der Waals surface area contributed by atoms with Gasteiger partial charge in [-0.2, -0.15) is 0 Å². The Kier molecular flexibility index (Phi) is 4.38. The number of rotatable bonds is 2. The first-order chi connectivity index (χ1) is 10.7. The lowest BCUT2D eigenvalue weighted by Crippen LogP contribution is -2.68. The number of hydrogen-bond acceptors (Lipinski definition) is 4. The Morgan fingerprint density at radius 1 is 1.30 bits per heavy atom. The molecule has 0 aromatic rings. The van der Waals surface area contributed by atoms with Crippen LogP contribution >= 0.6 is 0 Å². The molecule has 3 fully saturated rings. The van der Waals surface area contributed by atoms with E-state index in [4.69, 9.17) is 9.47 Å². The molecule has 4 unspecified atom stereocenters. The van der Waals surface area contributed by atoms with Gasteiger partial charge in [0.25, 0.3) is 0 Å². The lowest BCUT2D eigenvalue weighted by molar-refractivity contribution is -0.117. The molecule has 1 saturated carbocycles. The molecule has 2 aliphatic heterocycles. The molecule has 1 N–H and O–H groups in total. The van der Waals surface area contributed by atoms with E-state index >= 15 is 0 Å². The standard InChI is InChI=1S/C18H32N2O3/c1-17(2,3)23-16(21)20-9-6-7-12(11-20)19-14-13-8-10-22-15(13)18(14,4)5/h12-15,19H,6-11H2,1-5H3. The number of hydrogen-bond donors (Lipinski definition) is 1. The molecule has 5 heteroatoms. The molecule has 2 saturated heterocycles. The van der Waals surface area contributed by atoms with Gasteiger partial charge in [-0.1, -0.05) is 13.8 Å². The highest BCUT2D eigenvalue weighted by Crippen LogP contribution is 2.52. The van der Waals surface area contributed by atoms with E-state index in [2.05, 4.69) is 19.2 Å². The number of piperidine rings is 1. The fourth-order valence-corrected chi connectivity index (χ4v) is 4.52. The average Bonchev–Trinajstić information content (AvgIpc) is 2.90. The summed E-state index contributed by atoms with van der Waals surface area (Å²) in [5.74, 6) is 0.641. The molecule has 132 valence electrons. The number of amides is 1. The van der Waals surface area contributed by atoms with Gasteiger partial charge in [-0.15, -0.1) is 0 Å². The molecule has 0 aromatic heterocycles. The van der Waals surface area contributed by atoms with E-state index in [9.17, 15) is 4.79 Å². The molecule has 0 spiro atoms. The summed E-state index contributed by atoms with van der Waals surface area (Å²) >= 11 is 0. The van der Waals surface area contributed by atoms with Crippen molar-refractivity contribution in [3.63, 3.8) is 0 Å². The highest BCUT2D eigenvalue weighted by atomic mass is 16.6. The Morgan fingerprint density at radius 3 is 2.74 bits per heavy atom. The van der Waals surface area contributed by atoms with E-state index < -0.39 is 5.60 Å². The average molecular weight is 324 g/mol. The van der Waals surface area contributed by atoms with Crippen molar-refractivity contribution >= 4 is 6.09 Å². The molecular weight excluding hydrogens is 292 g/mol. The van der Waals surface area contributed by atoms with Crippen LogP contribution < -0.4 is 5.32 Å². The fraction of sp³-hybridized carbons (Fsp3) is 0.944. The van der Waals surface area contributed by atoms with E-state index in [1.165, 1.54) is 0 Å². The maximum atomic E-state index is 12.3. The van der Waals surface area contributed by atoms with E-state index in [0.717, 1.165) is 39.0 Å². The smallest absolute Gasteiger partial charge is 0.410 e. The second kappa shape index (κ2) is 5.92. The molecule has 23 heavy (non-hydrogen) atoms. The normalized spacial score (nSPS) is 36.3. The molecule has 5 nitrogen and oxygen atoms in total. The maximum Gasteiger partial charge on any atom is 0.410 e. The topological polar surface area (TPSA) is 50.8 Å². The SMILES string of the molecule is CC(C)(C)OC(=O)N1CCCC(NC2C3CCOC3C2(C)C)C1. The molecule has 1 aliphatic carbocycles. The Labute approximate surface area is 140 Å². The second-order valence-corrected chi connectivity index (χ2v) is 8.98. The largest absolute Gasteiger partial charge is 0.444 e. The van der Waals surface area contributed by atoms with Crippen LogP contribution in [-0.4, -0.2) is 54.5 Å². The summed E-state index contributed by atoms with van der Waals surface area (Å²) in [7, 11) is 0. The molecule has 0 bridgehead atoms. The first-order valence-corrected chi connectivity index (χ1v) is 9.04. The molecule has 0 radical (unpaired) electrons. The van der Waals surface area contributed by atoms with Crippen molar-refractivity contribution in [2.75, 3.05) is 19.7 Å². The number of carbonyl (C=O) groups excluding carboxylic acids is 1. The minimum Gasteiger partial charge on any atom is -0.444 e. The summed E-state index contributed by atoms with van der Waals surface area (Å²) in [6.07, 6.45) is 3.55. The van der Waals surface area contributed by atoms with Crippen LogP contribution in [0.15, 0.2) is 0 Å². The highest BCUT2D eigenvalue weighted by molar-refractivity contribution is 5.68. The number of likely N-dealkylation sites (tertiary alicyclic amines) is 1. The summed E-state index contributed by atoms with van der Waals surface area (Å²) in [6, 6.07) is 0.862. The summed E-state index contributed by atoms with van der Waals surface area (Å²) < 4.78 is 11.4. The van der Waals surface area contributed by atoms with Gasteiger partial charge in [0.1, 0.15) is 5.60 Å². The third kappa shape index (κ3) is 3.36. The monoisotopic (exact) mass is 324 g/mol. The van der Waals surface area contributed by atoms with Crippen LogP contribution in [0.25, 0.3) is 0 Å². The lowest BCUT2D eigenvalue weighted by Gasteiger charge is -2.56. The minimum absolute atomic E-state index is 0.182. The van der Waals surface area contributed by atoms with E-state index in [0.29, 0.717) is 24.1 Å². The van der Waals surface area contributed by atoms with Crippen LogP contribution in [0, 0.1) is 11.3 Å². The Hall–Kier alpha value is -0.810. The molecule has 0 aromatic carbocycles. The maximum absolute atomic E-state index is 12.3. The van der Waals surface area contributed by atoms with E-state index in [1.807, 2.05) is 25.7 Å². The zero-order valence-corrected chi connectivity index (χ0v) is 15.2. The van der Waals surface area contributed by atoms with Crippen LogP contribution in [0.2, 0.25) is 0 Å². The van der Waals surface area contributed by atoms with Gasteiger partial charge in [0.2, 0.25) is 0 Å². The third-order valence-electron chi connectivity index (χ3n) is 5.59. The summed E-state index contributed by atoms with van der Waals surface area (Å²) in [5, 5.41) is 3.84. The van der Waals surface area contributed by atoms with Crippen LogP contribution in [0.4, 0.5) is 4.79 Å². The summed E-state index contributed by atoms with van der Waals surface area (Å²) in [6.45, 7) is 12.8. The van der Waals surface area contributed by atoms with Crippen molar-refractivity contribution in [3.8, 4) is 0 Å². The van der Waals surface area contributed by atoms with Crippen molar-refractivity contribution in [1.82, 2.24) is 10.2 Å². The quantitative estimate of drug-likeness (QED) is 0.848. The predicted octanol–water partition coefficient (Wildman–Crippen LogP) is 2.79. The summed E-state index contributed by atoms with van der Waals surface area (Å²) in [5.41, 5.74) is -0.239. The Balaban J connectivity index is 1.56. The van der Waals surface area contributed by atoms with Gasteiger partial charge in [-0.05, 0) is 40.0 Å². The van der Waals surface area contributed by atoms with Gasteiger partial charge >= 0.3 is 6.09 Å². The van der Waals surface area contributed by atoms with Crippen LogP contribution in [0.5, 0.6) is 0 Å². The molecule has 1 amide bonds. The summed E-state index contributed by atoms with van der Waals surface area (Å²) in [4.78, 5) is 14.2. The fourth-order valence-electron chi connectivity index (χ4n) is 4.52. The van der Waals surface area contributed by atoms with Crippen molar-refractivity contribution < 1.29 is 14.3 Å². The number of fused-ring (bicyclic) bond motifs is 1. The van der Waals surface area contributed by atoms with Crippen molar-refractivity contribution in [2.45, 2.75) is 77.7 Å². The van der Waals surface area contributed by atoms with Crippen molar-refractivity contribution in [3.05, 3.63) is 0 Å². The first kappa shape index (κ1) is 17.0. The number of nitrogens with zero attached hydrogens (tertiary/aromatic N) is 1. The van der Waals surface area contributed by atoms with E-state index in [-0.39, 0.29) is 11.5 Å². The lowest BCUT2D eigenvalue weighted by atomic mass is 9.57. The van der Waals surface area contributed by atoms with Gasteiger partial charge in [0, 0.05) is 43.1 Å². The molecule has 2 heterocycles. The van der Waals surface area contributed by atoms with Crippen molar-refractivity contribution in [1.29, 1.82) is 0 Å². The molecule has 3 rings (SSSR count). The molecule has 3 aliphatic rings. The third-order valence-corrected chi connectivity index (χ3v) is 5.59. The number of nitrogens with one attached hydrogen (secondary N) is 1. The van der Waals surface area contributed by atoms with Gasteiger partial charge in [-0.25, -0.2) is 4.79 Å². The van der Waals surface area contributed by atoms with Gasteiger partial charge in [-0.3, -0.25) is 0 Å². The zero-order chi connectivity index (χ0) is 16.8. The molecule has 4 atom stereocenters. The molecular formula is C18H32N2O3. The minimum atomic E-state index is -0.429. The Morgan fingerprint density at radius 2 is 2.04 bits per heavy atom. The van der Waals surface area contributed by atoms with Crippen molar-refractivity contribution in [2.24, 2.45) is 11.3 Å². The van der Waals surface area contributed by atoms with Gasteiger partial charge in [0.05, 0.1) is 6.10 Å². The number of ether oxygens (including phenoxy) is 2. The van der Waals surface area contributed by atoms with Gasteiger partial charge in [0.15, 0.2) is 0 Å². The number of carbonyl (C=O) groups is 1. The predicted molar refractivity (Wildman–Crippen MR) is 89.4 cm³/mol. The second-order valence-electron chi connectivity index (χ2n) is 8.98. The first-order valence-electron chi connectivity index (χ1n) is 9.04. The van der Waals surface area contributed by atoms with Gasteiger partial charge < -0.3 is 19.7 Å².